The average Bonchev–Trinajstić information content (AvgIpc) is 2.36. The van der Waals surface area contributed by atoms with Crippen molar-refractivity contribution in [1.29, 1.82) is 0 Å². The Morgan fingerprint density at radius 2 is 1.55 bits per heavy atom. The van der Waals surface area contributed by atoms with Crippen molar-refractivity contribution in [3.63, 3.8) is 0 Å². The van der Waals surface area contributed by atoms with Crippen LogP contribution in [0.1, 0.15) is 27.7 Å². The molecule has 0 radical (unpaired) electrons. The molecule has 22 heavy (non-hydrogen) atoms. The van der Waals surface area contributed by atoms with Gasteiger partial charge in [-0.1, -0.05) is 27.7 Å². The van der Waals surface area contributed by atoms with E-state index in [-0.39, 0.29) is 4.90 Å². The summed E-state index contributed by atoms with van der Waals surface area (Å²) in [7, 11) is -3.64. The highest BCUT2D eigenvalue weighted by Crippen LogP contribution is 2.15. The van der Waals surface area contributed by atoms with E-state index in [0.29, 0.717) is 24.2 Å². The topological polar surface area (TPSA) is 72.6 Å². The van der Waals surface area contributed by atoms with Gasteiger partial charge in [-0.2, -0.15) is 0 Å². The summed E-state index contributed by atoms with van der Waals surface area (Å²) in [5.41, 5.74) is 0. The summed E-state index contributed by atoms with van der Waals surface area (Å²) in [6.07, 6.45) is 0. The van der Waals surface area contributed by atoms with E-state index < -0.39 is 10.0 Å². The van der Waals surface area contributed by atoms with Crippen LogP contribution in [0.15, 0.2) is 29.2 Å². The third-order valence-electron chi connectivity index (χ3n) is 3.08. The highest BCUT2D eigenvalue weighted by atomic mass is 32.2. The van der Waals surface area contributed by atoms with E-state index in [1.165, 1.54) is 12.1 Å². The van der Waals surface area contributed by atoms with Gasteiger partial charge in [-0.25, -0.2) is 13.6 Å². The molecule has 1 rings (SSSR count). The summed E-state index contributed by atoms with van der Waals surface area (Å²) in [5.74, 6) is 1.89. The van der Waals surface area contributed by atoms with E-state index in [4.69, 9.17) is 9.88 Å². The Hall–Kier alpha value is -1.11. The number of nitrogens with zero attached hydrogens (tertiary/aromatic N) is 1. The molecule has 6 heteroatoms. The molecule has 0 aliphatic heterocycles. The lowest BCUT2D eigenvalue weighted by molar-refractivity contribution is 0.177. The van der Waals surface area contributed by atoms with Crippen LogP contribution in [-0.4, -0.2) is 39.6 Å². The van der Waals surface area contributed by atoms with Crippen LogP contribution in [0.4, 0.5) is 0 Å². The van der Waals surface area contributed by atoms with Crippen LogP contribution in [-0.2, 0) is 10.0 Å². The zero-order valence-corrected chi connectivity index (χ0v) is 14.8. The second-order valence-electron chi connectivity index (χ2n) is 6.41. The SMILES string of the molecule is CC(C)CN(CCOc1ccc(S(N)(=O)=O)cc1)CC(C)C. The van der Waals surface area contributed by atoms with Crippen molar-refractivity contribution >= 4 is 10.0 Å². The van der Waals surface area contributed by atoms with Crippen LogP contribution in [0, 0.1) is 11.8 Å². The zero-order valence-electron chi connectivity index (χ0n) is 14.0. The van der Waals surface area contributed by atoms with Crippen LogP contribution in [0.5, 0.6) is 5.75 Å². The molecule has 126 valence electrons. The van der Waals surface area contributed by atoms with Crippen LogP contribution in [0.25, 0.3) is 0 Å². The summed E-state index contributed by atoms with van der Waals surface area (Å²) in [5, 5.41) is 5.06. The van der Waals surface area contributed by atoms with Crippen molar-refractivity contribution in [3.8, 4) is 5.75 Å². The number of sulfonamides is 1. The first-order valence-corrected chi connectivity index (χ1v) is 9.21. The maximum atomic E-state index is 11.2. The van der Waals surface area contributed by atoms with E-state index in [2.05, 4.69) is 32.6 Å². The van der Waals surface area contributed by atoms with Crippen molar-refractivity contribution in [2.45, 2.75) is 32.6 Å². The quantitative estimate of drug-likeness (QED) is 0.755. The smallest absolute Gasteiger partial charge is 0.238 e. The van der Waals surface area contributed by atoms with E-state index in [0.717, 1.165) is 19.6 Å². The van der Waals surface area contributed by atoms with Gasteiger partial charge in [0.25, 0.3) is 0 Å². The lowest BCUT2D eigenvalue weighted by atomic mass is 10.1. The van der Waals surface area contributed by atoms with Gasteiger partial charge in [-0.3, -0.25) is 4.90 Å². The van der Waals surface area contributed by atoms with Gasteiger partial charge in [-0.15, -0.1) is 0 Å². The van der Waals surface area contributed by atoms with Crippen LogP contribution in [0.3, 0.4) is 0 Å². The number of rotatable bonds is 9. The molecule has 0 saturated carbocycles. The van der Waals surface area contributed by atoms with Gasteiger partial charge < -0.3 is 4.74 Å². The molecule has 5 nitrogen and oxygen atoms in total. The lowest BCUT2D eigenvalue weighted by Gasteiger charge is -2.26. The van der Waals surface area contributed by atoms with Gasteiger partial charge in [0.15, 0.2) is 0 Å². The second-order valence-corrected chi connectivity index (χ2v) is 7.97. The Morgan fingerprint density at radius 3 is 1.95 bits per heavy atom. The molecule has 0 aromatic heterocycles. The van der Waals surface area contributed by atoms with Crippen LogP contribution in [0.2, 0.25) is 0 Å². The Bertz CT molecular complexity index is 529. The van der Waals surface area contributed by atoms with E-state index >= 15 is 0 Å². The van der Waals surface area contributed by atoms with Gasteiger partial charge >= 0.3 is 0 Å². The highest BCUT2D eigenvalue weighted by Gasteiger charge is 2.10. The molecule has 0 amide bonds. The molecular weight excluding hydrogens is 300 g/mol. The summed E-state index contributed by atoms with van der Waals surface area (Å²) < 4.78 is 28.1. The van der Waals surface area contributed by atoms with Crippen molar-refractivity contribution in [2.75, 3.05) is 26.2 Å². The molecule has 0 fully saturated rings. The van der Waals surface area contributed by atoms with E-state index in [1.807, 2.05) is 0 Å². The predicted molar refractivity (Wildman–Crippen MR) is 89.4 cm³/mol. The molecule has 0 bridgehead atoms. The van der Waals surface area contributed by atoms with Gasteiger partial charge in [-0.05, 0) is 36.1 Å². The minimum Gasteiger partial charge on any atom is -0.492 e. The minimum absolute atomic E-state index is 0.0982. The number of hydrogen-bond acceptors (Lipinski definition) is 4. The van der Waals surface area contributed by atoms with E-state index in [9.17, 15) is 8.42 Å². The minimum atomic E-state index is -3.64. The molecule has 0 heterocycles. The van der Waals surface area contributed by atoms with Crippen LogP contribution < -0.4 is 9.88 Å². The predicted octanol–water partition coefficient (Wildman–Crippen LogP) is 2.33. The normalized spacial score (nSPS) is 12.4. The molecule has 0 aliphatic carbocycles. The number of benzene rings is 1. The molecule has 0 unspecified atom stereocenters. The molecule has 0 saturated heterocycles. The molecule has 1 aromatic rings. The largest absolute Gasteiger partial charge is 0.492 e. The number of primary sulfonamides is 1. The third kappa shape index (κ3) is 7.24. The second kappa shape index (κ2) is 8.50. The van der Waals surface area contributed by atoms with Crippen molar-refractivity contribution < 1.29 is 13.2 Å². The summed E-state index contributed by atoms with van der Waals surface area (Å²) in [6, 6.07) is 6.19. The molecule has 0 aliphatic rings. The van der Waals surface area contributed by atoms with Gasteiger partial charge in [0.1, 0.15) is 12.4 Å². The first kappa shape index (κ1) is 18.9. The highest BCUT2D eigenvalue weighted by molar-refractivity contribution is 7.89. The molecule has 2 N–H and O–H groups in total. The molecular formula is C16H28N2O3S. The monoisotopic (exact) mass is 328 g/mol. The molecule has 0 spiro atoms. The van der Waals surface area contributed by atoms with Gasteiger partial charge in [0.2, 0.25) is 10.0 Å². The summed E-state index contributed by atoms with van der Waals surface area (Å²) >= 11 is 0. The number of hydrogen-bond donors (Lipinski definition) is 1. The maximum absolute atomic E-state index is 11.2. The fraction of sp³-hybridized carbons (Fsp3) is 0.625. The van der Waals surface area contributed by atoms with Crippen molar-refractivity contribution in [1.82, 2.24) is 4.90 Å². The molecule has 0 atom stereocenters. The van der Waals surface area contributed by atoms with Crippen LogP contribution >= 0.6 is 0 Å². The standard InChI is InChI=1S/C16H28N2O3S/c1-13(2)11-18(12-14(3)4)9-10-21-15-5-7-16(8-6-15)22(17,19)20/h5-8,13-14H,9-12H2,1-4H3,(H2,17,19,20). The Morgan fingerprint density at radius 1 is 1.05 bits per heavy atom. The fourth-order valence-electron chi connectivity index (χ4n) is 2.31. The number of ether oxygens (including phenoxy) is 1. The fourth-order valence-corrected chi connectivity index (χ4v) is 2.82. The van der Waals surface area contributed by atoms with Gasteiger partial charge in [0.05, 0.1) is 4.90 Å². The van der Waals surface area contributed by atoms with Gasteiger partial charge in [0, 0.05) is 19.6 Å². The zero-order chi connectivity index (χ0) is 16.8. The number of nitrogens with two attached hydrogens (primary N) is 1. The van der Waals surface area contributed by atoms with E-state index in [1.54, 1.807) is 12.1 Å². The maximum Gasteiger partial charge on any atom is 0.238 e. The first-order chi connectivity index (χ1) is 10.2. The van der Waals surface area contributed by atoms with Crippen molar-refractivity contribution in [2.24, 2.45) is 17.0 Å². The Kier molecular flexibility index (Phi) is 7.32. The average molecular weight is 328 g/mol. The Balaban J connectivity index is 2.50. The first-order valence-electron chi connectivity index (χ1n) is 7.66. The summed E-state index contributed by atoms with van der Waals surface area (Å²) in [4.78, 5) is 2.50. The molecule has 1 aromatic carbocycles. The third-order valence-corrected chi connectivity index (χ3v) is 4.00. The summed E-state index contributed by atoms with van der Waals surface area (Å²) in [6.45, 7) is 12.4. The lowest BCUT2D eigenvalue weighted by Crippen LogP contribution is -2.34. The van der Waals surface area contributed by atoms with Crippen molar-refractivity contribution in [3.05, 3.63) is 24.3 Å². The Labute approximate surface area is 134 Å².